The summed E-state index contributed by atoms with van der Waals surface area (Å²) in [5.41, 5.74) is 0. The lowest BCUT2D eigenvalue weighted by Gasteiger charge is -2.22. The van der Waals surface area contributed by atoms with Crippen LogP contribution in [0.3, 0.4) is 0 Å². The van der Waals surface area contributed by atoms with Crippen LogP contribution in [0, 0.1) is 5.92 Å². The van der Waals surface area contributed by atoms with Gasteiger partial charge in [0.1, 0.15) is 0 Å². The van der Waals surface area contributed by atoms with E-state index in [0.717, 1.165) is 32.6 Å². The number of hydrogen-bond acceptors (Lipinski definition) is 3. The molecule has 0 aliphatic carbocycles. The smallest absolute Gasteiger partial charge is 0.230 e. The van der Waals surface area contributed by atoms with Crippen molar-refractivity contribution in [2.75, 3.05) is 33.2 Å². The van der Waals surface area contributed by atoms with Gasteiger partial charge in [0.05, 0.1) is 5.92 Å². The molecule has 1 saturated heterocycles. The highest BCUT2D eigenvalue weighted by Crippen LogP contribution is 2.26. The Morgan fingerprint density at radius 1 is 1.63 bits per heavy atom. The second-order valence-electron chi connectivity index (χ2n) is 5.53. The van der Waals surface area contributed by atoms with E-state index in [1.165, 1.54) is 4.88 Å². The van der Waals surface area contributed by atoms with E-state index in [9.17, 15) is 4.79 Å². The molecule has 0 radical (unpaired) electrons. The molecule has 0 spiro atoms. The molecule has 2 atom stereocenters. The fourth-order valence-electron chi connectivity index (χ4n) is 2.68. The first-order chi connectivity index (χ1) is 9.11. The van der Waals surface area contributed by atoms with Crippen molar-refractivity contribution in [3.63, 3.8) is 0 Å². The van der Waals surface area contributed by atoms with Gasteiger partial charge in [0.15, 0.2) is 0 Å². The summed E-state index contributed by atoms with van der Waals surface area (Å²) in [5, 5.41) is 2.04. The van der Waals surface area contributed by atoms with Crippen LogP contribution in [0.2, 0.25) is 0 Å². The third kappa shape index (κ3) is 3.57. The Morgan fingerprint density at radius 3 is 3.05 bits per heavy atom. The number of rotatable bonds is 5. The zero-order chi connectivity index (χ0) is 13.8. The summed E-state index contributed by atoms with van der Waals surface area (Å²) in [7, 11) is 2.15. The van der Waals surface area contributed by atoms with Crippen LogP contribution in [0.25, 0.3) is 0 Å². The van der Waals surface area contributed by atoms with Crippen LogP contribution in [-0.2, 0) is 4.79 Å². The van der Waals surface area contributed by atoms with E-state index >= 15 is 0 Å². The first kappa shape index (κ1) is 14.5. The van der Waals surface area contributed by atoms with Crippen molar-refractivity contribution in [2.24, 2.45) is 5.92 Å². The quantitative estimate of drug-likeness (QED) is 0.828. The minimum absolute atomic E-state index is 0.0163. The molecular weight excluding hydrogens is 256 g/mol. The predicted octanol–water partition coefficient (Wildman–Crippen LogP) is 2.65. The van der Waals surface area contributed by atoms with Crippen molar-refractivity contribution in [3.8, 4) is 0 Å². The highest BCUT2D eigenvalue weighted by atomic mass is 32.1. The number of nitrogens with zero attached hydrogens (tertiary/aromatic N) is 2. The number of amides is 1. The van der Waals surface area contributed by atoms with Crippen molar-refractivity contribution >= 4 is 17.2 Å². The highest BCUT2D eigenvalue weighted by molar-refractivity contribution is 7.10. The molecule has 2 rings (SSSR count). The zero-order valence-corrected chi connectivity index (χ0v) is 12.9. The Kier molecular flexibility index (Phi) is 4.99. The fourth-order valence-corrected chi connectivity index (χ4v) is 3.46. The zero-order valence-electron chi connectivity index (χ0n) is 12.1. The van der Waals surface area contributed by atoms with Gasteiger partial charge in [0.2, 0.25) is 5.91 Å². The summed E-state index contributed by atoms with van der Waals surface area (Å²) >= 11 is 1.68. The van der Waals surface area contributed by atoms with Gasteiger partial charge in [-0.25, -0.2) is 0 Å². The molecule has 1 aromatic rings. The van der Waals surface area contributed by atoms with Crippen LogP contribution in [0.1, 0.15) is 31.1 Å². The molecule has 1 aliphatic heterocycles. The summed E-state index contributed by atoms with van der Waals surface area (Å²) in [6, 6.07) is 4.08. The molecule has 0 N–H and O–H groups in total. The van der Waals surface area contributed by atoms with E-state index in [1.54, 1.807) is 11.3 Å². The maximum absolute atomic E-state index is 12.5. The van der Waals surface area contributed by atoms with Gasteiger partial charge in [0.25, 0.3) is 0 Å². The van der Waals surface area contributed by atoms with Gasteiger partial charge in [-0.05, 0) is 44.3 Å². The van der Waals surface area contributed by atoms with Crippen LogP contribution >= 0.6 is 11.3 Å². The predicted molar refractivity (Wildman–Crippen MR) is 80.6 cm³/mol. The van der Waals surface area contributed by atoms with Crippen LogP contribution in [0.15, 0.2) is 17.5 Å². The van der Waals surface area contributed by atoms with Gasteiger partial charge in [0, 0.05) is 24.5 Å². The molecule has 1 aromatic heterocycles. The molecule has 19 heavy (non-hydrogen) atoms. The van der Waals surface area contributed by atoms with E-state index in [2.05, 4.69) is 29.8 Å². The number of carbonyl (C=O) groups is 1. The largest absolute Gasteiger partial charge is 0.342 e. The third-order valence-corrected chi connectivity index (χ3v) is 5.10. The molecule has 0 aromatic carbocycles. The summed E-state index contributed by atoms with van der Waals surface area (Å²) in [5.74, 6) is 0.955. The molecule has 1 amide bonds. The molecule has 3 nitrogen and oxygen atoms in total. The third-order valence-electron chi connectivity index (χ3n) is 4.05. The lowest BCUT2D eigenvalue weighted by atomic mass is 10.1. The molecule has 0 unspecified atom stereocenters. The second-order valence-corrected chi connectivity index (χ2v) is 6.51. The van der Waals surface area contributed by atoms with Crippen molar-refractivity contribution in [2.45, 2.75) is 26.2 Å². The van der Waals surface area contributed by atoms with E-state index in [-0.39, 0.29) is 5.92 Å². The topological polar surface area (TPSA) is 23.6 Å². The van der Waals surface area contributed by atoms with Gasteiger partial charge < -0.3 is 9.80 Å². The minimum Gasteiger partial charge on any atom is -0.342 e. The first-order valence-corrected chi connectivity index (χ1v) is 8.00. The first-order valence-electron chi connectivity index (χ1n) is 7.12. The maximum atomic E-state index is 12.5. The second kappa shape index (κ2) is 6.53. The van der Waals surface area contributed by atoms with Crippen LogP contribution in [0.5, 0.6) is 0 Å². The highest BCUT2D eigenvalue weighted by Gasteiger charge is 2.30. The van der Waals surface area contributed by atoms with E-state index in [0.29, 0.717) is 11.8 Å². The molecule has 0 saturated carbocycles. The Labute approximate surface area is 120 Å². The average Bonchev–Trinajstić information content (AvgIpc) is 3.07. The average molecular weight is 280 g/mol. The van der Waals surface area contributed by atoms with E-state index < -0.39 is 0 Å². The molecular formula is C15H24N2OS. The standard InChI is InChI=1S/C15H24N2OS/c1-4-16(3)10-13-7-8-17(11-13)15(18)12(2)14-6-5-9-19-14/h5-6,9,12-13H,4,7-8,10-11H2,1-3H3/t12-,13+/m0/s1. The number of thiophene rings is 1. The van der Waals surface area contributed by atoms with Crippen molar-refractivity contribution in [1.82, 2.24) is 9.80 Å². The van der Waals surface area contributed by atoms with Gasteiger partial charge in [-0.1, -0.05) is 13.0 Å². The van der Waals surface area contributed by atoms with Crippen LogP contribution < -0.4 is 0 Å². The molecule has 2 heterocycles. The normalized spacial score (nSPS) is 21.1. The lowest BCUT2D eigenvalue weighted by molar-refractivity contribution is -0.131. The van der Waals surface area contributed by atoms with Crippen molar-refractivity contribution in [1.29, 1.82) is 0 Å². The Morgan fingerprint density at radius 2 is 2.42 bits per heavy atom. The summed E-state index contributed by atoms with van der Waals surface area (Å²) < 4.78 is 0. The van der Waals surface area contributed by atoms with Crippen LogP contribution in [0.4, 0.5) is 0 Å². The summed E-state index contributed by atoms with van der Waals surface area (Å²) in [6.45, 7) is 8.25. The van der Waals surface area contributed by atoms with Gasteiger partial charge in [-0.3, -0.25) is 4.79 Å². The SMILES string of the molecule is CCN(C)C[C@H]1CCN(C(=O)[C@@H](C)c2cccs2)C1. The Hall–Kier alpha value is -0.870. The number of carbonyl (C=O) groups excluding carboxylic acids is 1. The van der Waals surface area contributed by atoms with E-state index in [4.69, 9.17) is 0 Å². The summed E-state index contributed by atoms with van der Waals surface area (Å²) in [4.78, 5) is 18.0. The molecule has 4 heteroatoms. The van der Waals surface area contributed by atoms with Gasteiger partial charge in [-0.2, -0.15) is 0 Å². The monoisotopic (exact) mass is 280 g/mol. The van der Waals surface area contributed by atoms with Crippen LogP contribution in [-0.4, -0.2) is 48.9 Å². The Bertz CT molecular complexity index is 404. The number of likely N-dealkylation sites (tertiary alicyclic amines) is 1. The Balaban J connectivity index is 1.88. The molecule has 0 bridgehead atoms. The van der Waals surface area contributed by atoms with Gasteiger partial charge in [-0.15, -0.1) is 11.3 Å². The minimum atomic E-state index is 0.0163. The summed E-state index contributed by atoms with van der Waals surface area (Å²) in [6.07, 6.45) is 1.15. The maximum Gasteiger partial charge on any atom is 0.230 e. The molecule has 1 fully saturated rings. The van der Waals surface area contributed by atoms with Gasteiger partial charge >= 0.3 is 0 Å². The lowest BCUT2D eigenvalue weighted by Crippen LogP contribution is -2.33. The van der Waals surface area contributed by atoms with E-state index in [1.807, 2.05) is 18.4 Å². The van der Waals surface area contributed by atoms with Crippen molar-refractivity contribution in [3.05, 3.63) is 22.4 Å². The number of hydrogen-bond donors (Lipinski definition) is 0. The molecule has 1 aliphatic rings. The van der Waals surface area contributed by atoms with Crippen molar-refractivity contribution < 1.29 is 4.79 Å². The fraction of sp³-hybridized carbons (Fsp3) is 0.667. The molecule has 106 valence electrons.